The molecule has 220 valence electrons. The summed E-state index contributed by atoms with van der Waals surface area (Å²) in [7, 11) is 1.54. The van der Waals surface area contributed by atoms with E-state index >= 15 is 0 Å². The zero-order chi connectivity index (χ0) is 30.7. The Kier molecular flexibility index (Phi) is 10.2. The van der Waals surface area contributed by atoms with Crippen molar-refractivity contribution in [1.82, 2.24) is 10.3 Å². The van der Waals surface area contributed by atoms with E-state index in [1.165, 1.54) is 30.2 Å². The Balaban J connectivity index is 1.39. The van der Waals surface area contributed by atoms with Gasteiger partial charge < -0.3 is 20.7 Å². The number of rotatable bonds is 11. The molecule has 0 radical (unpaired) electrons. The van der Waals surface area contributed by atoms with Gasteiger partial charge in [-0.25, -0.2) is 4.98 Å². The van der Waals surface area contributed by atoms with Crippen LogP contribution < -0.4 is 20.7 Å². The van der Waals surface area contributed by atoms with Gasteiger partial charge in [-0.1, -0.05) is 72.8 Å². The van der Waals surface area contributed by atoms with Crippen LogP contribution in [0.3, 0.4) is 0 Å². The Morgan fingerprint density at radius 3 is 2.32 bits per heavy atom. The van der Waals surface area contributed by atoms with Gasteiger partial charge in [0, 0.05) is 33.3 Å². The molecule has 3 N–H and O–H groups in total. The van der Waals surface area contributed by atoms with Gasteiger partial charge in [0.1, 0.15) is 16.7 Å². The van der Waals surface area contributed by atoms with Crippen molar-refractivity contribution in [3.05, 3.63) is 143 Å². The van der Waals surface area contributed by atoms with E-state index in [2.05, 4.69) is 20.9 Å². The van der Waals surface area contributed by atoms with E-state index in [0.717, 1.165) is 10.5 Å². The summed E-state index contributed by atoms with van der Waals surface area (Å²) < 4.78 is 5.45. The quantitative estimate of drug-likeness (QED) is 0.108. The summed E-state index contributed by atoms with van der Waals surface area (Å²) in [4.78, 5) is 44.9. The molecule has 10 heteroatoms. The molecule has 1 atom stereocenters. The molecule has 0 saturated carbocycles. The molecule has 0 spiro atoms. The smallest absolute Gasteiger partial charge is 0.272 e. The number of nitrogens with zero attached hydrogens (tertiary/aromatic N) is 1. The summed E-state index contributed by atoms with van der Waals surface area (Å²) >= 11 is 2.69. The number of nitrogens with one attached hydrogen (secondary N) is 3. The van der Waals surface area contributed by atoms with Crippen molar-refractivity contribution in [3.8, 4) is 5.75 Å². The third-order valence-electron chi connectivity index (χ3n) is 6.32. The molecule has 3 amide bonds. The second-order valence-corrected chi connectivity index (χ2v) is 11.4. The number of aromatic nitrogens is 1. The van der Waals surface area contributed by atoms with Gasteiger partial charge in [-0.3, -0.25) is 14.4 Å². The standard InChI is InChI=1S/C34H28N4O4S2/c1-42-29-18-9-8-15-25(29)21-28(37-31(39)24-13-6-3-7-14-24)32(40)36-26-16-10-17-27(22-26)44-30(23-11-4-2-5-12-23)33(41)38-34-35-19-20-43-34/h2-22,30H,1H3,(H,36,40)(H,37,39)(H,35,38,41)/b28-21+. The molecule has 4 aromatic carbocycles. The topological polar surface area (TPSA) is 109 Å². The largest absolute Gasteiger partial charge is 0.496 e. The number of carbonyl (C=O) groups excluding carboxylic acids is 3. The van der Waals surface area contributed by atoms with Crippen LogP contribution in [0, 0.1) is 0 Å². The fraction of sp³-hybridized carbons (Fsp3) is 0.0588. The maximum atomic E-state index is 13.6. The first-order chi connectivity index (χ1) is 21.5. The summed E-state index contributed by atoms with van der Waals surface area (Å²) in [5.74, 6) is -0.615. The van der Waals surface area contributed by atoms with Gasteiger partial charge in [0.15, 0.2) is 5.13 Å². The maximum Gasteiger partial charge on any atom is 0.272 e. The Morgan fingerprint density at radius 1 is 0.864 bits per heavy atom. The zero-order valence-corrected chi connectivity index (χ0v) is 25.2. The van der Waals surface area contributed by atoms with Crippen LogP contribution in [0.25, 0.3) is 6.08 Å². The van der Waals surface area contributed by atoms with Crippen LogP contribution in [0.1, 0.15) is 26.7 Å². The summed E-state index contributed by atoms with van der Waals surface area (Å²) in [6.45, 7) is 0. The Morgan fingerprint density at radius 2 is 1.59 bits per heavy atom. The lowest BCUT2D eigenvalue weighted by Gasteiger charge is -2.17. The zero-order valence-electron chi connectivity index (χ0n) is 23.6. The number of methoxy groups -OCH3 is 1. The van der Waals surface area contributed by atoms with Crippen molar-refractivity contribution in [3.63, 3.8) is 0 Å². The molecule has 0 aliphatic rings. The van der Waals surface area contributed by atoms with Crippen LogP contribution in [0.4, 0.5) is 10.8 Å². The Hall–Kier alpha value is -5.19. The first-order valence-corrected chi connectivity index (χ1v) is 15.3. The minimum Gasteiger partial charge on any atom is -0.496 e. The number of amides is 3. The predicted octanol–water partition coefficient (Wildman–Crippen LogP) is 7.03. The number of thioether (sulfide) groups is 1. The number of benzene rings is 4. The summed E-state index contributed by atoms with van der Waals surface area (Å²) in [6, 6.07) is 32.5. The van der Waals surface area contributed by atoms with Gasteiger partial charge in [-0.15, -0.1) is 23.1 Å². The van der Waals surface area contributed by atoms with Gasteiger partial charge in [-0.2, -0.15) is 0 Å². The SMILES string of the molecule is COc1ccccc1/C=C(/NC(=O)c1ccccc1)C(=O)Nc1cccc(SC(C(=O)Nc2nccs2)c2ccccc2)c1. The molecular weight excluding hydrogens is 593 g/mol. The average molecular weight is 621 g/mol. The van der Waals surface area contributed by atoms with E-state index in [0.29, 0.717) is 27.7 Å². The van der Waals surface area contributed by atoms with E-state index in [9.17, 15) is 14.4 Å². The monoisotopic (exact) mass is 620 g/mol. The van der Waals surface area contributed by atoms with E-state index in [1.807, 2.05) is 54.6 Å². The molecule has 1 heterocycles. The fourth-order valence-electron chi connectivity index (χ4n) is 4.22. The normalized spacial score (nSPS) is 11.7. The average Bonchev–Trinajstić information content (AvgIpc) is 3.57. The molecule has 0 aliphatic heterocycles. The number of anilines is 2. The van der Waals surface area contributed by atoms with E-state index < -0.39 is 17.1 Å². The predicted molar refractivity (Wildman–Crippen MR) is 176 cm³/mol. The minimum absolute atomic E-state index is 0.0337. The summed E-state index contributed by atoms with van der Waals surface area (Å²) in [6.07, 6.45) is 3.21. The van der Waals surface area contributed by atoms with Crippen LogP contribution >= 0.6 is 23.1 Å². The lowest BCUT2D eigenvalue weighted by atomic mass is 10.1. The highest BCUT2D eigenvalue weighted by Crippen LogP contribution is 2.37. The van der Waals surface area contributed by atoms with Crippen molar-refractivity contribution in [2.24, 2.45) is 0 Å². The van der Waals surface area contributed by atoms with Crippen LogP contribution in [0.5, 0.6) is 5.75 Å². The molecule has 5 aromatic rings. The molecular formula is C34H28N4O4S2. The molecule has 44 heavy (non-hydrogen) atoms. The number of hydrogen-bond donors (Lipinski definition) is 3. The summed E-state index contributed by atoms with van der Waals surface area (Å²) in [5.41, 5.74) is 2.38. The van der Waals surface area contributed by atoms with Crippen LogP contribution in [0.15, 0.2) is 131 Å². The number of carbonyl (C=O) groups is 3. The molecule has 8 nitrogen and oxygen atoms in total. The second-order valence-electron chi connectivity index (χ2n) is 9.34. The van der Waals surface area contributed by atoms with Crippen molar-refractivity contribution < 1.29 is 19.1 Å². The Labute approximate surface area is 263 Å². The van der Waals surface area contributed by atoms with Gasteiger partial charge in [-0.05, 0) is 48.0 Å². The first kappa shape index (κ1) is 30.3. The first-order valence-electron chi connectivity index (χ1n) is 13.5. The highest BCUT2D eigenvalue weighted by Gasteiger charge is 2.23. The highest BCUT2D eigenvalue weighted by atomic mass is 32.2. The number of para-hydroxylation sites is 1. The maximum absolute atomic E-state index is 13.6. The molecule has 0 aliphatic carbocycles. The number of ether oxygens (including phenoxy) is 1. The van der Waals surface area contributed by atoms with E-state index in [4.69, 9.17) is 4.74 Å². The van der Waals surface area contributed by atoms with Crippen LogP contribution in [-0.2, 0) is 9.59 Å². The molecule has 0 bridgehead atoms. The van der Waals surface area contributed by atoms with Crippen LogP contribution in [-0.4, -0.2) is 29.8 Å². The highest BCUT2D eigenvalue weighted by molar-refractivity contribution is 8.00. The van der Waals surface area contributed by atoms with E-state index in [1.54, 1.807) is 72.3 Å². The molecule has 5 rings (SSSR count). The van der Waals surface area contributed by atoms with E-state index in [-0.39, 0.29) is 11.6 Å². The molecule has 0 fully saturated rings. The summed E-state index contributed by atoms with van der Waals surface area (Å²) in [5, 5.41) is 10.3. The Bertz CT molecular complexity index is 1760. The lowest BCUT2D eigenvalue weighted by Crippen LogP contribution is -2.30. The minimum atomic E-state index is -0.572. The number of hydrogen-bond acceptors (Lipinski definition) is 7. The molecule has 1 unspecified atom stereocenters. The van der Waals surface area contributed by atoms with Gasteiger partial charge >= 0.3 is 0 Å². The van der Waals surface area contributed by atoms with Crippen LogP contribution in [0.2, 0.25) is 0 Å². The van der Waals surface area contributed by atoms with Crippen molar-refractivity contribution in [2.45, 2.75) is 10.1 Å². The van der Waals surface area contributed by atoms with Gasteiger partial charge in [0.25, 0.3) is 11.8 Å². The third kappa shape index (κ3) is 8.00. The van der Waals surface area contributed by atoms with Crippen molar-refractivity contribution >= 4 is 57.7 Å². The lowest BCUT2D eigenvalue weighted by molar-refractivity contribution is -0.116. The fourth-order valence-corrected chi connectivity index (χ4v) is 5.84. The third-order valence-corrected chi connectivity index (χ3v) is 8.25. The van der Waals surface area contributed by atoms with Crippen molar-refractivity contribution in [2.75, 3.05) is 17.7 Å². The molecule has 1 aromatic heterocycles. The van der Waals surface area contributed by atoms with Crippen molar-refractivity contribution in [1.29, 1.82) is 0 Å². The molecule has 0 saturated heterocycles. The van der Waals surface area contributed by atoms with Gasteiger partial charge in [0.2, 0.25) is 5.91 Å². The number of thiazole rings is 1. The second kappa shape index (κ2) is 14.8. The van der Waals surface area contributed by atoms with Gasteiger partial charge in [0.05, 0.1) is 7.11 Å².